The molecule has 0 amide bonds. The highest BCUT2D eigenvalue weighted by Crippen LogP contribution is 2.31. The van der Waals surface area contributed by atoms with Gasteiger partial charge in [0.25, 0.3) is 0 Å². The number of alkyl halides is 3. The zero-order valence-corrected chi connectivity index (χ0v) is 20.4. The van der Waals surface area contributed by atoms with Crippen LogP contribution in [0.25, 0.3) is 0 Å². The number of aromatic nitrogens is 3. The van der Waals surface area contributed by atoms with Gasteiger partial charge in [-0.1, -0.05) is 25.1 Å². The summed E-state index contributed by atoms with van der Waals surface area (Å²) in [5.74, 6) is 2.34. The van der Waals surface area contributed by atoms with Gasteiger partial charge in [0.2, 0.25) is 0 Å². The van der Waals surface area contributed by atoms with E-state index in [9.17, 15) is 13.2 Å². The average molecular weight is 550 g/mol. The van der Waals surface area contributed by atoms with Crippen molar-refractivity contribution >= 4 is 29.9 Å². The van der Waals surface area contributed by atoms with Crippen LogP contribution in [0.3, 0.4) is 0 Å². The summed E-state index contributed by atoms with van der Waals surface area (Å²) in [7, 11) is 0. The van der Waals surface area contributed by atoms with E-state index in [1.54, 1.807) is 6.07 Å². The highest BCUT2D eigenvalue weighted by Gasteiger charge is 2.30. The largest absolute Gasteiger partial charge is 0.416 e. The zero-order chi connectivity index (χ0) is 21.7. The van der Waals surface area contributed by atoms with Crippen LogP contribution in [-0.4, -0.2) is 33.8 Å². The van der Waals surface area contributed by atoms with Gasteiger partial charge < -0.3 is 10.6 Å². The van der Waals surface area contributed by atoms with E-state index in [0.717, 1.165) is 37.1 Å². The molecule has 0 fully saturated rings. The molecule has 2 N–H and O–H groups in total. The highest BCUT2D eigenvalue weighted by atomic mass is 127. The second kappa shape index (κ2) is 11.1. The monoisotopic (exact) mass is 550 g/mol. The molecule has 2 unspecified atom stereocenters. The van der Waals surface area contributed by atoms with E-state index in [1.807, 2.05) is 25.5 Å². The minimum absolute atomic E-state index is 0. The van der Waals surface area contributed by atoms with E-state index >= 15 is 0 Å². The van der Waals surface area contributed by atoms with E-state index in [4.69, 9.17) is 0 Å². The van der Waals surface area contributed by atoms with Crippen LogP contribution in [0.4, 0.5) is 13.2 Å². The molecule has 0 radical (unpaired) electrons. The number of hydrogen-bond donors (Lipinski definition) is 2. The third-order valence-electron chi connectivity index (χ3n) is 5.25. The van der Waals surface area contributed by atoms with Crippen LogP contribution in [-0.2, 0) is 12.7 Å². The number of rotatable bonds is 6. The fraction of sp³-hybridized carbons (Fsp3) is 0.571. The molecule has 0 bridgehead atoms. The predicted molar refractivity (Wildman–Crippen MR) is 126 cm³/mol. The SMILES string of the molecule is CCNC(=NCCC(C)c1cccc(C(F)(F)F)c1)NC1CCCn2nc(C)nc21.I. The van der Waals surface area contributed by atoms with Crippen molar-refractivity contribution in [2.45, 2.75) is 64.7 Å². The van der Waals surface area contributed by atoms with Crippen LogP contribution >= 0.6 is 24.0 Å². The molecule has 6 nitrogen and oxygen atoms in total. The molecule has 3 rings (SSSR count). The minimum Gasteiger partial charge on any atom is -0.357 e. The Labute approximate surface area is 198 Å². The lowest BCUT2D eigenvalue weighted by Gasteiger charge is -2.25. The minimum atomic E-state index is -4.32. The zero-order valence-electron chi connectivity index (χ0n) is 18.0. The standard InChI is InChI=1S/C21H29F3N6.HI/c1-4-25-20(28-18-9-6-12-30-19(18)27-15(3)29-30)26-11-10-14(2)16-7-5-8-17(13-16)21(22,23)24;/h5,7-8,13-14,18H,4,6,9-12H2,1-3H3,(H2,25,26,28);1H. The fourth-order valence-electron chi connectivity index (χ4n) is 3.65. The molecule has 0 aliphatic carbocycles. The Hall–Kier alpha value is -1.85. The second-order valence-corrected chi connectivity index (χ2v) is 7.65. The van der Waals surface area contributed by atoms with Gasteiger partial charge in [-0.25, -0.2) is 9.67 Å². The number of aryl methyl sites for hydroxylation is 2. The van der Waals surface area contributed by atoms with Crippen molar-refractivity contribution < 1.29 is 13.2 Å². The quantitative estimate of drug-likeness (QED) is 0.308. The Morgan fingerprint density at radius 2 is 2.13 bits per heavy atom. The van der Waals surface area contributed by atoms with Crippen LogP contribution in [0.2, 0.25) is 0 Å². The molecule has 2 aromatic rings. The van der Waals surface area contributed by atoms with E-state index < -0.39 is 11.7 Å². The number of hydrogen-bond acceptors (Lipinski definition) is 3. The molecule has 31 heavy (non-hydrogen) atoms. The predicted octanol–water partition coefficient (Wildman–Crippen LogP) is 4.81. The summed E-state index contributed by atoms with van der Waals surface area (Å²) in [6, 6.07) is 5.58. The lowest BCUT2D eigenvalue weighted by molar-refractivity contribution is -0.137. The molecule has 0 saturated carbocycles. The topological polar surface area (TPSA) is 67.1 Å². The van der Waals surface area contributed by atoms with E-state index in [-0.39, 0.29) is 35.9 Å². The van der Waals surface area contributed by atoms with Crippen LogP contribution in [0, 0.1) is 6.92 Å². The lowest BCUT2D eigenvalue weighted by Crippen LogP contribution is -2.41. The summed E-state index contributed by atoms with van der Waals surface area (Å²) in [5, 5.41) is 11.1. The highest BCUT2D eigenvalue weighted by molar-refractivity contribution is 14.0. The number of nitrogens with one attached hydrogen (secondary N) is 2. The Morgan fingerprint density at radius 1 is 1.35 bits per heavy atom. The molecule has 1 aliphatic rings. The molecule has 2 heterocycles. The molecular formula is C21H30F3IN6. The van der Waals surface area contributed by atoms with E-state index in [1.165, 1.54) is 12.1 Å². The van der Waals surface area contributed by atoms with Crippen molar-refractivity contribution in [3.05, 3.63) is 47.0 Å². The van der Waals surface area contributed by atoms with E-state index in [2.05, 4.69) is 25.7 Å². The van der Waals surface area contributed by atoms with Crippen LogP contribution in [0.5, 0.6) is 0 Å². The Bertz CT molecular complexity index is 880. The Balaban J connectivity index is 0.00000341. The van der Waals surface area contributed by atoms with Crippen molar-refractivity contribution in [1.82, 2.24) is 25.4 Å². The number of guanidine groups is 1. The molecule has 10 heteroatoms. The number of fused-ring (bicyclic) bond motifs is 1. The van der Waals surface area contributed by atoms with Crippen LogP contribution in [0.15, 0.2) is 29.3 Å². The maximum absolute atomic E-state index is 13.0. The maximum atomic E-state index is 13.0. The normalized spacial score (nSPS) is 17.5. The lowest BCUT2D eigenvalue weighted by atomic mass is 9.96. The smallest absolute Gasteiger partial charge is 0.357 e. The van der Waals surface area contributed by atoms with Crippen molar-refractivity contribution in [2.75, 3.05) is 13.1 Å². The number of nitrogens with zero attached hydrogens (tertiary/aromatic N) is 4. The van der Waals surface area contributed by atoms with Gasteiger partial charge in [-0.15, -0.1) is 24.0 Å². The molecule has 1 aromatic heterocycles. The third-order valence-corrected chi connectivity index (χ3v) is 5.25. The summed E-state index contributed by atoms with van der Waals surface area (Å²) < 4.78 is 40.8. The Morgan fingerprint density at radius 3 is 2.84 bits per heavy atom. The first-order valence-electron chi connectivity index (χ1n) is 10.4. The van der Waals surface area contributed by atoms with E-state index in [0.29, 0.717) is 31.0 Å². The summed E-state index contributed by atoms with van der Waals surface area (Å²) in [6.45, 7) is 7.90. The first-order valence-corrected chi connectivity index (χ1v) is 10.4. The number of aliphatic imine (C=N–C) groups is 1. The van der Waals surface area contributed by atoms with Gasteiger partial charge in [-0.2, -0.15) is 18.3 Å². The van der Waals surface area contributed by atoms with Gasteiger partial charge in [-0.3, -0.25) is 4.99 Å². The summed E-state index contributed by atoms with van der Waals surface area (Å²) in [5.41, 5.74) is 0.0657. The van der Waals surface area contributed by atoms with Gasteiger partial charge in [0.1, 0.15) is 11.6 Å². The fourth-order valence-corrected chi connectivity index (χ4v) is 3.65. The molecule has 0 saturated heterocycles. The van der Waals surface area contributed by atoms with Crippen molar-refractivity contribution in [3.8, 4) is 0 Å². The molecular weight excluding hydrogens is 520 g/mol. The van der Waals surface area contributed by atoms with Gasteiger partial charge in [-0.05, 0) is 50.7 Å². The summed E-state index contributed by atoms with van der Waals surface area (Å²) >= 11 is 0. The van der Waals surface area contributed by atoms with Crippen molar-refractivity contribution in [3.63, 3.8) is 0 Å². The van der Waals surface area contributed by atoms with Crippen molar-refractivity contribution in [1.29, 1.82) is 0 Å². The Kier molecular flexibility index (Phi) is 9.14. The maximum Gasteiger partial charge on any atom is 0.416 e. The summed E-state index contributed by atoms with van der Waals surface area (Å²) in [6.07, 6.45) is -1.71. The van der Waals surface area contributed by atoms with Crippen LogP contribution < -0.4 is 10.6 Å². The first kappa shape index (κ1) is 25.4. The second-order valence-electron chi connectivity index (χ2n) is 7.65. The molecule has 1 aromatic carbocycles. The van der Waals surface area contributed by atoms with Crippen LogP contribution in [0.1, 0.15) is 67.8 Å². The van der Waals surface area contributed by atoms with Gasteiger partial charge in [0, 0.05) is 19.6 Å². The molecule has 2 atom stereocenters. The number of benzene rings is 1. The summed E-state index contributed by atoms with van der Waals surface area (Å²) in [4.78, 5) is 9.18. The molecule has 172 valence electrons. The van der Waals surface area contributed by atoms with Gasteiger partial charge >= 0.3 is 6.18 Å². The van der Waals surface area contributed by atoms with Crippen molar-refractivity contribution in [2.24, 2.45) is 4.99 Å². The molecule has 1 aliphatic heterocycles. The first-order chi connectivity index (χ1) is 14.3. The van der Waals surface area contributed by atoms with Gasteiger partial charge in [0.15, 0.2) is 5.96 Å². The third kappa shape index (κ3) is 6.81. The van der Waals surface area contributed by atoms with Gasteiger partial charge in [0.05, 0.1) is 11.6 Å². The number of halogens is 4. The average Bonchev–Trinajstić information content (AvgIpc) is 3.08. The molecule has 0 spiro atoms.